The zero-order valence-corrected chi connectivity index (χ0v) is 15.5. The molecule has 2 aromatic heterocycles. The van der Waals surface area contributed by atoms with Crippen molar-refractivity contribution in [2.75, 3.05) is 26.2 Å². The number of piperazine rings is 1. The minimum atomic E-state index is -0.0767. The Morgan fingerprint density at radius 3 is 2.52 bits per heavy atom. The van der Waals surface area contributed by atoms with Crippen LogP contribution in [-0.2, 0) is 6.54 Å². The fraction of sp³-hybridized carbons (Fsp3) is 0.250. The van der Waals surface area contributed by atoms with Crippen LogP contribution in [0.5, 0.6) is 0 Å². The molecule has 1 aliphatic rings. The van der Waals surface area contributed by atoms with Gasteiger partial charge in [0.05, 0.1) is 5.69 Å². The molecule has 1 aromatic carbocycles. The predicted molar refractivity (Wildman–Crippen MR) is 104 cm³/mol. The summed E-state index contributed by atoms with van der Waals surface area (Å²) >= 11 is 5.88. The first-order chi connectivity index (χ1) is 13.1. The normalized spacial score (nSPS) is 15.2. The standard InChI is InChI=1S/C20H19ClN4O2/c21-16-6-4-15(5-7-16)20(27)24-11-9-23(10-12-24)14-17-13-19(26)25-8-2-1-3-18(25)22-17/h1-8,13H,9-12,14H2. The van der Waals surface area contributed by atoms with Gasteiger partial charge < -0.3 is 4.90 Å². The van der Waals surface area contributed by atoms with Crippen molar-refractivity contribution in [3.8, 4) is 0 Å². The number of rotatable bonds is 3. The van der Waals surface area contributed by atoms with E-state index >= 15 is 0 Å². The largest absolute Gasteiger partial charge is 0.336 e. The summed E-state index contributed by atoms with van der Waals surface area (Å²) in [6.45, 7) is 3.38. The van der Waals surface area contributed by atoms with Gasteiger partial charge in [-0.05, 0) is 36.4 Å². The molecule has 0 spiro atoms. The van der Waals surface area contributed by atoms with E-state index in [2.05, 4.69) is 9.88 Å². The van der Waals surface area contributed by atoms with Crippen molar-refractivity contribution in [3.63, 3.8) is 0 Å². The SMILES string of the molecule is O=C(c1ccc(Cl)cc1)N1CCN(Cc2cc(=O)n3ccccc3n2)CC1. The van der Waals surface area contributed by atoms with E-state index in [0.29, 0.717) is 35.9 Å². The number of halogens is 1. The number of benzene rings is 1. The molecular weight excluding hydrogens is 364 g/mol. The second-order valence-corrected chi connectivity index (χ2v) is 7.03. The van der Waals surface area contributed by atoms with Crippen LogP contribution in [0.1, 0.15) is 16.1 Å². The molecule has 0 unspecified atom stereocenters. The van der Waals surface area contributed by atoms with Gasteiger partial charge in [0.25, 0.3) is 11.5 Å². The average molecular weight is 383 g/mol. The lowest BCUT2D eigenvalue weighted by Gasteiger charge is -2.34. The average Bonchev–Trinajstić information content (AvgIpc) is 2.69. The Morgan fingerprint density at radius 1 is 1.04 bits per heavy atom. The molecule has 4 rings (SSSR count). The Morgan fingerprint density at radius 2 is 1.78 bits per heavy atom. The van der Waals surface area contributed by atoms with E-state index < -0.39 is 0 Å². The summed E-state index contributed by atoms with van der Waals surface area (Å²) in [4.78, 5) is 33.4. The molecule has 0 N–H and O–H groups in total. The fourth-order valence-electron chi connectivity index (χ4n) is 3.30. The molecule has 0 saturated carbocycles. The summed E-state index contributed by atoms with van der Waals surface area (Å²) in [5.41, 5.74) is 1.98. The third kappa shape index (κ3) is 3.86. The monoisotopic (exact) mass is 382 g/mol. The van der Waals surface area contributed by atoms with E-state index in [1.807, 2.05) is 23.1 Å². The Kier molecular flexibility index (Phi) is 4.92. The topological polar surface area (TPSA) is 57.9 Å². The fourth-order valence-corrected chi connectivity index (χ4v) is 3.42. The van der Waals surface area contributed by atoms with Gasteiger partial charge in [-0.1, -0.05) is 17.7 Å². The van der Waals surface area contributed by atoms with Gasteiger partial charge in [0, 0.05) is 55.6 Å². The van der Waals surface area contributed by atoms with Gasteiger partial charge in [-0.3, -0.25) is 18.9 Å². The highest BCUT2D eigenvalue weighted by atomic mass is 35.5. The van der Waals surface area contributed by atoms with Gasteiger partial charge in [0.2, 0.25) is 0 Å². The van der Waals surface area contributed by atoms with Crippen molar-refractivity contribution < 1.29 is 4.79 Å². The van der Waals surface area contributed by atoms with Crippen molar-refractivity contribution in [1.82, 2.24) is 19.2 Å². The van der Waals surface area contributed by atoms with E-state index in [9.17, 15) is 9.59 Å². The Balaban J connectivity index is 1.40. The van der Waals surface area contributed by atoms with Crippen LogP contribution in [0.3, 0.4) is 0 Å². The highest BCUT2D eigenvalue weighted by molar-refractivity contribution is 6.30. The number of carbonyl (C=O) groups is 1. The quantitative estimate of drug-likeness (QED) is 0.697. The second kappa shape index (κ2) is 7.50. The summed E-state index contributed by atoms with van der Waals surface area (Å²) in [6, 6.07) is 14.1. The summed E-state index contributed by atoms with van der Waals surface area (Å²) in [5, 5.41) is 0.621. The van der Waals surface area contributed by atoms with E-state index in [-0.39, 0.29) is 11.5 Å². The maximum Gasteiger partial charge on any atom is 0.258 e. The van der Waals surface area contributed by atoms with Crippen LogP contribution in [-0.4, -0.2) is 51.3 Å². The van der Waals surface area contributed by atoms with Crippen LogP contribution in [0, 0.1) is 0 Å². The van der Waals surface area contributed by atoms with Gasteiger partial charge in [-0.25, -0.2) is 4.98 Å². The summed E-state index contributed by atoms with van der Waals surface area (Å²) in [6.07, 6.45) is 1.72. The van der Waals surface area contributed by atoms with Gasteiger partial charge in [0.15, 0.2) is 0 Å². The Bertz CT molecular complexity index is 1020. The molecule has 7 heteroatoms. The Labute approximate surface area is 161 Å². The number of hydrogen-bond acceptors (Lipinski definition) is 4. The summed E-state index contributed by atoms with van der Waals surface area (Å²) < 4.78 is 1.53. The number of aromatic nitrogens is 2. The molecular formula is C20H19ClN4O2. The molecule has 27 heavy (non-hydrogen) atoms. The summed E-state index contributed by atoms with van der Waals surface area (Å²) in [7, 11) is 0. The molecule has 0 atom stereocenters. The third-order valence-electron chi connectivity index (χ3n) is 4.76. The van der Waals surface area contributed by atoms with Crippen LogP contribution < -0.4 is 5.56 Å². The molecule has 0 radical (unpaired) electrons. The number of hydrogen-bond donors (Lipinski definition) is 0. The molecule has 138 valence electrons. The highest BCUT2D eigenvalue weighted by Gasteiger charge is 2.22. The molecule has 0 bridgehead atoms. The maximum atomic E-state index is 12.6. The number of pyridine rings is 1. The van der Waals surface area contributed by atoms with E-state index in [4.69, 9.17) is 11.6 Å². The number of fused-ring (bicyclic) bond motifs is 1. The molecule has 0 aliphatic carbocycles. The van der Waals surface area contributed by atoms with Crippen molar-refractivity contribution in [3.05, 3.63) is 81.4 Å². The molecule has 1 saturated heterocycles. The minimum absolute atomic E-state index is 0.0217. The molecule has 3 aromatic rings. The number of amides is 1. The first kappa shape index (κ1) is 17.7. The molecule has 6 nitrogen and oxygen atoms in total. The van der Waals surface area contributed by atoms with Crippen LogP contribution in [0.15, 0.2) is 59.5 Å². The van der Waals surface area contributed by atoms with Crippen molar-refractivity contribution in [1.29, 1.82) is 0 Å². The van der Waals surface area contributed by atoms with Crippen LogP contribution >= 0.6 is 11.6 Å². The molecule has 1 fully saturated rings. The highest BCUT2D eigenvalue weighted by Crippen LogP contribution is 2.14. The van der Waals surface area contributed by atoms with Gasteiger partial charge in [-0.15, -0.1) is 0 Å². The van der Waals surface area contributed by atoms with E-state index in [1.54, 1.807) is 36.5 Å². The molecule has 1 aliphatic heterocycles. The third-order valence-corrected chi connectivity index (χ3v) is 5.01. The lowest BCUT2D eigenvalue weighted by molar-refractivity contribution is 0.0627. The lowest BCUT2D eigenvalue weighted by atomic mass is 10.2. The van der Waals surface area contributed by atoms with Gasteiger partial charge >= 0.3 is 0 Å². The zero-order valence-electron chi connectivity index (χ0n) is 14.7. The zero-order chi connectivity index (χ0) is 18.8. The van der Waals surface area contributed by atoms with Crippen LogP contribution in [0.2, 0.25) is 5.02 Å². The lowest BCUT2D eigenvalue weighted by Crippen LogP contribution is -2.48. The van der Waals surface area contributed by atoms with Crippen LogP contribution in [0.4, 0.5) is 0 Å². The van der Waals surface area contributed by atoms with E-state index in [0.717, 1.165) is 18.8 Å². The minimum Gasteiger partial charge on any atom is -0.336 e. The summed E-state index contributed by atoms with van der Waals surface area (Å²) in [5.74, 6) is 0.0217. The van der Waals surface area contributed by atoms with Crippen LogP contribution in [0.25, 0.3) is 5.65 Å². The number of carbonyl (C=O) groups excluding carboxylic acids is 1. The van der Waals surface area contributed by atoms with Crippen molar-refractivity contribution in [2.24, 2.45) is 0 Å². The first-order valence-corrected chi connectivity index (χ1v) is 9.22. The molecule has 1 amide bonds. The predicted octanol–water partition coefficient (Wildman–Crippen LogP) is 2.31. The number of nitrogens with zero attached hydrogens (tertiary/aromatic N) is 4. The van der Waals surface area contributed by atoms with Crippen molar-refractivity contribution in [2.45, 2.75) is 6.54 Å². The Hall–Kier alpha value is -2.70. The van der Waals surface area contributed by atoms with Gasteiger partial charge in [-0.2, -0.15) is 0 Å². The smallest absolute Gasteiger partial charge is 0.258 e. The second-order valence-electron chi connectivity index (χ2n) is 6.59. The maximum absolute atomic E-state index is 12.6. The first-order valence-electron chi connectivity index (χ1n) is 8.85. The van der Waals surface area contributed by atoms with Gasteiger partial charge in [0.1, 0.15) is 5.65 Å². The van der Waals surface area contributed by atoms with E-state index in [1.165, 1.54) is 4.40 Å². The molecule has 3 heterocycles. The van der Waals surface area contributed by atoms with Crippen molar-refractivity contribution >= 4 is 23.2 Å².